The summed E-state index contributed by atoms with van der Waals surface area (Å²) in [5, 5.41) is 6.00. The molecule has 3 N–H and O–H groups in total. The lowest BCUT2D eigenvalue weighted by Crippen LogP contribution is -2.45. The third-order valence-electron chi connectivity index (χ3n) is 4.03. The molecule has 8 nitrogen and oxygen atoms in total. The lowest BCUT2D eigenvalue weighted by Gasteiger charge is -2.30. The molecule has 1 atom stereocenters. The lowest BCUT2D eigenvalue weighted by molar-refractivity contribution is -0.121. The van der Waals surface area contributed by atoms with Crippen molar-refractivity contribution in [3.8, 4) is 11.4 Å². The average molecular weight is 347 g/mol. The van der Waals surface area contributed by atoms with Crippen molar-refractivity contribution in [2.45, 2.75) is 18.8 Å². The molecule has 0 bridgehead atoms. The fourth-order valence-corrected chi connectivity index (χ4v) is 2.90. The molecule has 1 unspecified atom stereocenters. The van der Waals surface area contributed by atoms with Crippen LogP contribution < -0.4 is 11.1 Å². The number of hydrogen-bond donors (Lipinski definition) is 2. The number of halogens is 1. The number of nitrogens with one attached hydrogen (secondary N) is 1. The quantitative estimate of drug-likeness (QED) is 0.860. The number of piperidine rings is 1. The highest BCUT2D eigenvalue weighted by Gasteiger charge is 2.27. The van der Waals surface area contributed by atoms with Crippen molar-refractivity contribution in [1.82, 2.24) is 20.4 Å². The number of likely N-dealkylation sites (tertiary alicyclic amines) is 1. The molecule has 9 heteroatoms. The third kappa shape index (κ3) is 4.38. The van der Waals surface area contributed by atoms with Gasteiger partial charge in [0.1, 0.15) is 5.82 Å². The summed E-state index contributed by atoms with van der Waals surface area (Å²) in [5.74, 6) is 0.116. The summed E-state index contributed by atoms with van der Waals surface area (Å²) in [4.78, 5) is 28.7. The monoisotopic (exact) mass is 347 g/mol. The molecule has 3 rings (SSSR count). The molecule has 1 aliphatic rings. The predicted octanol–water partition coefficient (Wildman–Crippen LogP) is 1.25. The Morgan fingerprint density at radius 3 is 2.84 bits per heavy atom. The van der Waals surface area contributed by atoms with Gasteiger partial charge in [-0.1, -0.05) is 5.16 Å². The van der Waals surface area contributed by atoms with Crippen molar-refractivity contribution >= 4 is 11.9 Å². The van der Waals surface area contributed by atoms with Gasteiger partial charge in [0.25, 0.3) is 0 Å². The fourth-order valence-electron chi connectivity index (χ4n) is 2.90. The first-order chi connectivity index (χ1) is 12.0. The van der Waals surface area contributed by atoms with Gasteiger partial charge in [-0.2, -0.15) is 4.98 Å². The van der Waals surface area contributed by atoms with Crippen LogP contribution >= 0.6 is 0 Å². The van der Waals surface area contributed by atoms with E-state index in [1.807, 2.05) is 4.90 Å². The van der Waals surface area contributed by atoms with Crippen molar-refractivity contribution in [2.24, 2.45) is 5.73 Å². The third-order valence-corrected chi connectivity index (χ3v) is 4.03. The van der Waals surface area contributed by atoms with Gasteiger partial charge in [0.15, 0.2) is 0 Å². The van der Waals surface area contributed by atoms with Gasteiger partial charge in [0.2, 0.25) is 17.6 Å². The lowest BCUT2D eigenvalue weighted by atomic mass is 9.98. The van der Waals surface area contributed by atoms with Crippen LogP contribution in [-0.2, 0) is 4.79 Å². The first kappa shape index (κ1) is 17.0. The first-order valence-electron chi connectivity index (χ1n) is 7.92. The van der Waals surface area contributed by atoms with Crippen molar-refractivity contribution in [1.29, 1.82) is 0 Å². The molecule has 3 amide bonds. The van der Waals surface area contributed by atoms with Gasteiger partial charge in [-0.15, -0.1) is 0 Å². The van der Waals surface area contributed by atoms with E-state index in [1.165, 1.54) is 12.1 Å². The van der Waals surface area contributed by atoms with Gasteiger partial charge in [0, 0.05) is 12.1 Å². The molecule has 0 spiro atoms. The number of nitrogens with zero attached hydrogens (tertiary/aromatic N) is 3. The summed E-state index contributed by atoms with van der Waals surface area (Å²) in [6.45, 7) is 1.39. The van der Waals surface area contributed by atoms with Crippen LogP contribution in [0.4, 0.5) is 9.18 Å². The Morgan fingerprint density at radius 2 is 2.12 bits per heavy atom. The Balaban J connectivity index is 1.64. The van der Waals surface area contributed by atoms with Crippen molar-refractivity contribution in [2.75, 3.05) is 19.6 Å². The molecule has 0 radical (unpaired) electrons. The predicted molar refractivity (Wildman–Crippen MR) is 85.8 cm³/mol. The van der Waals surface area contributed by atoms with E-state index in [9.17, 15) is 14.0 Å². The van der Waals surface area contributed by atoms with Crippen molar-refractivity contribution < 1.29 is 18.5 Å². The average Bonchev–Trinajstić information content (AvgIpc) is 3.05. The SMILES string of the molecule is NC(=O)NC(=O)CN1CCCC(c2nc(-c3ccc(F)cc3)no2)C1. The minimum atomic E-state index is -0.862. The number of amides is 3. The number of nitrogens with two attached hydrogens (primary N) is 1. The first-order valence-corrected chi connectivity index (χ1v) is 7.92. The van der Waals surface area contributed by atoms with Crippen LogP contribution in [0.1, 0.15) is 24.7 Å². The van der Waals surface area contributed by atoms with Gasteiger partial charge in [-0.3, -0.25) is 15.0 Å². The minimum absolute atomic E-state index is 0.00294. The van der Waals surface area contributed by atoms with Gasteiger partial charge >= 0.3 is 6.03 Å². The standard InChI is InChI=1S/C16H18FN5O3/c17-12-5-3-10(4-6-12)14-20-15(25-21-14)11-2-1-7-22(8-11)9-13(23)19-16(18)24/h3-6,11H,1-2,7-9H2,(H3,18,19,23,24). The van der Waals surface area contributed by atoms with E-state index in [0.29, 0.717) is 23.8 Å². The molecule has 0 aliphatic carbocycles. The molecule has 2 aromatic rings. The molecule has 1 aromatic carbocycles. The van der Waals surface area contributed by atoms with Gasteiger partial charge in [-0.05, 0) is 43.7 Å². The Kier molecular flexibility index (Phi) is 5.03. The number of benzene rings is 1. The zero-order valence-electron chi connectivity index (χ0n) is 13.4. The van der Waals surface area contributed by atoms with Crippen LogP contribution in [0.25, 0.3) is 11.4 Å². The smallest absolute Gasteiger partial charge is 0.318 e. The van der Waals surface area contributed by atoms with Crippen molar-refractivity contribution in [3.05, 3.63) is 36.0 Å². The van der Waals surface area contributed by atoms with E-state index in [-0.39, 0.29) is 18.3 Å². The summed E-state index contributed by atoms with van der Waals surface area (Å²) in [6.07, 6.45) is 1.72. The number of aromatic nitrogens is 2. The summed E-state index contributed by atoms with van der Waals surface area (Å²) in [6, 6.07) is 4.99. The van der Waals surface area contributed by atoms with E-state index < -0.39 is 11.9 Å². The molecule has 0 saturated carbocycles. The Hall–Kier alpha value is -2.81. The van der Waals surface area contributed by atoms with Gasteiger partial charge in [0.05, 0.1) is 12.5 Å². The molecule has 1 aromatic heterocycles. The molecule has 1 saturated heterocycles. The fraction of sp³-hybridized carbons (Fsp3) is 0.375. The Labute approximate surface area is 143 Å². The molecule has 25 heavy (non-hydrogen) atoms. The van der Waals surface area contributed by atoms with E-state index in [0.717, 1.165) is 19.4 Å². The zero-order chi connectivity index (χ0) is 17.8. The van der Waals surface area contributed by atoms with Gasteiger partial charge in [-0.25, -0.2) is 9.18 Å². The highest BCUT2D eigenvalue weighted by atomic mass is 19.1. The second-order valence-corrected chi connectivity index (χ2v) is 5.95. The maximum absolute atomic E-state index is 13.0. The number of imide groups is 1. The van der Waals surface area contributed by atoms with Crippen LogP contribution in [0.2, 0.25) is 0 Å². The van der Waals surface area contributed by atoms with E-state index in [1.54, 1.807) is 12.1 Å². The number of carbonyl (C=O) groups excluding carboxylic acids is 2. The Bertz CT molecular complexity index is 761. The van der Waals surface area contributed by atoms with E-state index >= 15 is 0 Å². The number of rotatable bonds is 4. The number of carbonyl (C=O) groups is 2. The highest BCUT2D eigenvalue weighted by molar-refractivity contribution is 5.94. The number of urea groups is 1. The largest absolute Gasteiger partial charge is 0.351 e. The van der Waals surface area contributed by atoms with Gasteiger partial charge < -0.3 is 10.3 Å². The molecule has 1 aliphatic heterocycles. The molecule has 132 valence electrons. The van der Waals surface area contributed by atoms with Crippen LogP contribution in [0.3, 0.4) is 0 Å². The van der Waals surface area contributed by atoms with Crippen LogP contribution in [-0.4, -0.2) is 46.6 Å². The highest BCUT2D eigenvalue weighted by Crippen LogP contribution is 2.27. The molecule has 1 fully saturated rings. The summed E-state index contributed by atoms with van der Waals surface area (Å²) in [7, 11) is 0. The zero-order valence-corrected chi connectivity index (χ0v) is 13.4. The Morgan fingerprint density at radius 1 is 1.36 bits per heavy atom. The number of primary amides is 1. The summed E-state index contributed by atoms with van der Waals surface area (Å²) in [5.41, 5.74) is 5.61. The second-order valence-electron chi connectivity index (χ2n) is 5.95. The van der Waals surface area contributed by atoms with Crippen molar-refractivity contribution in [3.63, 3.8) is 0 Å². The normalized spacial score (nSPS) is 18.0. The summed E-state index contributed by atoms with van der Waals surface area (Å²) >= 11 is 0. The van der Waals surface area contributed by atoms with Crippen LogP contribution in [0, 0.1) is 5.82 Å². The number of hydrogen-bond acceptors (Lipinski definition) is 6. The molecule has 2 heterocycles. The maximum Gasteiger partial charge on any atom is 0.318 e. The van der Waals surface area contributed by atoms with Crippen LogP contribution in [0.5, 0.6) is 0 Å². The van der Waals surface area contributed by atoms with E-state index in [2.05, 4.69) is 15.5 Å². The van der Waals surface area contributed by atoms with Crippen LogP contribution in [0.15, 0.2) is 28.8 Å². The molecular formula is C16H18FN5O3. The summed E-state index contributed by atoms with van der Waals surface area (Å²) < 4.78 is 18.3. The van der Waals surface area contributed by atoms with E-state index in [4.69, 9.17) is 10.3 Å². The maximum atomic E-state index is 13.0. The molecular weight excluding hydrogens is 329 g/mol. The second kappa shape index (κ2) is 7.39. The topological polar surface area (TPSA) is 114 Å². The minimum Gasteiger partial charge on any atom is -0.351 e.